The second-order valence-corrected chi connectivity index (χ2v) is 9.29. The fourth-order valence-electron chi connectivity index (χ4n) is 3.29. The molecule has 168 valence electrons. The van der Waals surface area contributed by atoms with Crippen molar-refractivity contribution < 1.29 is 9.59 Å². The van der Waals surface area contributed by atoms with Crippen LogP contribution in [0, 0.1) is 6.92 Å². The monoisotopic (exact) mass is 486 g/mol. The van der Waals surface area contributed by atoms with Crippen molar-refractivity contribution in [2.45, 2.75) is 13.8 Å². The van der Waals surface area contributed by atoms with Crippen LogP contribution in [0.2, 0.25) is 0 Å². The van der Waals surface area contributed by atoms with Crippen LogP contribution in [0.3, 0.4) is 0 Å². The van der Waals surface area contributed by atoms with Gasteiger partial charge in [0.1, 0.15) is 5.69 Å². The number of hydrogen-bond acceptors (Lipinski definition) is 9. The van der Waals surface area contributed by atoms with E-state index in [0.29, 0.717) is 21.3 Å². The van der Waals surface area contributed by atoms with Crippen LogP contribution in [0.5, 0.6) is 0 Å². The molecule has 0 bridgehead atoms. The van der Waals surface area contributed by atoms with Crippen molar-refractivity contribution in [2.75, 3.05) is 10.6 Å². The molecule has 0 unspecified atom stereocenters. The lowest BCUT2D eigenvalue weighted by Crippen LogP contribution is -2.14. The van der Waals surface area contributed by atoms with Gasteiger partial charge in [-0.3, -0.25) is 19.9 Å². The Kier molecular flexibility index (Phi) is 5.83. The fourth-order valence-corrected chi connectivity index (χ4v) is 5.01. The van der Waals surface area contributed by atoms with Gasteiger partial charge in [-0.25, -0.2) is 15.0 Å². The van der Waals surface area contributed by atoms with Crippen LogP contribution in [0.15, 0.2) is 60.1 Å². The number of anilines is 3. The lowest BCUT2D eigenvalue weighted by atomic mass is 10.1. The summed E-state index contributed by atoms with van der Waals surface area (Å²) in [6.07, 6.45) is 1.46. The van der Waals surface area contributed by atoms with Gasteiger partial charge in [0.15, 0.2) is 16.0 Å². The first kappa shape index (κ1) is 21.8. The molecule has 0 radical (unpaired) electrons. The number of benzene rings is 2. The summed E-state index contributed by atoms with van der Waals surface area (Å²) >= 11 is 2.80. The van der Waals surface area contributed by atoms with E-state index in [1.807, 2.05) is 48.7 Å². The number of rotatable bonds is 6. The Hall–Kier alpha value is -4.02. The summed E-state index contributed by atoms with van der Waals surface area (Å²) in [6, 6.07) is 14.7. The van der Waals surface area contributed by atoms with Crippen molar-refractivity contribution >= 4 is 61.3 Å². The average Bonchev–Trinajstić information content (AvgIpc) is 3.44. The molecular weight excluding hydrogens is 468 g/mol. The van der Waals surface area contributed by atoms with Crippen molar-refractivity contribution in [1.29, 1.82) is 0 Å². The first-order valence-electron chi connectivity index (χ1n) is 10.3. The lowest BCUT2D eigenvalue weighted by molar-refractivity contribution is 0.101. The van der Waals surface area contributed by atoms with Crippen LogP contribution in [0.25, 0.3) is 21.6 Å². The molecule has 3 aromatic heterocycles. The molecule has 0 saturated carbocycles. The minimum atomic E-state index is -0.371. The summed E-state index contributed by atoms with van der Waals surface area (Å²) in [4.78, 5) is 43.0. The number of ketones is 1. The summed E-state index contributed by atoms with van der Waals surface area (Å²) < 4.78 is 0. The summed E-state index contributed by atoms with van der Waals surface area (Å²) in [5.74, 6) is -0.363. The SMILES string of the molecule is CC(=O)c1cccc(Nc2nc(-c3sc(NC(=O)c4cnc5ccccc5n4)nc3C)cs2)c1. The Morgan fingerprint density at radius 1 is 0.941 bits per heavy atom. The molecule has 5 aromatic rings. The highest BCUT2D eigenvalue weighted by molar-refractivity contribution is 7.20. The second kappa shape index (κ2) is 9.08. The van der Waals surface area contributed by atoms with E-state index in [9.17, 15) is 9.59 Å². The summed E-state index contributed by atoms with van der Waals surface area (Å²) in [5.41, 5.74) is 4.56. The molecular formula is C24H18N6O2S2. The predicted octanol–water partition coefficient (Wildman–Crippen LogP) is 5.72. The highest BCUT2D eigenvalue weighted by Gasteiger charge is 2.17. The largest absolute Gasteiger partial charge is 0.332 e. The number of hydrogen-bond donors (Lipinski definition) is 2. The summed E-state index contributed by atoms with van der Waals surface area (Å²) in [6.45, 7) is 3.41. The van der Waals surface area contributed by atoms with E-state index in [0.717, 1.165) is 27.5 Å². The number of Topliss-reactive ketones (excluding diaryl/α,β-unsaturated/α-hetero) is 1. The zero-order valence-electron chi connectivity index (χ0n) is 18.2. The molecule has 2 aromatic carbocycles. The lowest BCUT2D eigenvalue weighted by Gasteiger charge is -2.03. The Bertz CT molecular complexity index is 1540. The number of fused-ring (bicyclic) bond motifs is 1. The molecule has 0 aliphatic rings. The molecule has 0 aliphatic heterocycles. The zero-order valence-corrected chi connectivity index (χ0v) is 19.8. The van der Waals surface area contributed by atoms with Crippen molar-refractivity contribution in [2.24, 2.45) is 0 Å². The molecule has 34 heavy (non-hydrogen) atoms. The molecule has 5 rings (SSSR count). The van der Waals surface area contributed by atoms with Gasteiger partial charge in [0.25, 0.3) is 5.91 Å². The first-order chi connectivity index (χ1) is 16.5. The van der Waals surface area contributed by atoms with Crippen LogP contribution < -0.4 is 10.6 Å². The van der Waals surface area contributed by atoms with Crippen molar-refractivity contribution in [3.05, 3.63) is 77.1 Å². The third-order valence-corrected chi connectivity index (χ3v) is 6.81. The van der Waals surface area contributed by atoms with Crippen molar-refractivity contribution in [1.82, 2.24) is 19.9 Å². The van der Waals surface area contributed by atoms with Gasteiger partial charge in [0, 0.05) is 16.6 Å². The van der Waals surface area contributed by atoms with E-state index in [1.165, 1.54) is 35.8 Å². The maximum Gasteiger partial charge on any atom is 0.277 e. The quantitative estimate of drug-likeness (QED) is 0.296. The number of thiazole rings is 2. The van der Waals surface area contributed by atoms with Crippen LogP contribution in [-0.2, 0) is 0 Å². The number of para-hydroxylation sites is 2. The first-order valence-corrected chi connectivity index (χ1v) is 12.0. The Labute approximate surface area is 202 Å². The average molecular weight is 487 g/mol. The van der Waals surface area contributed by atoms with Crippen LogP contribution >= 0.6 is 22.7 Å². The van der Waals surface area contributed by atoms with E-state index in [2.05, 4.69) is 30.6 Å². The van der Waals surface area contributed by atoms with Crippen LogP contribution in [0.4, 0.5) is 16.0 Å². The molecule has 0 atom stereocenters. The molecule has 3 heterocycles. The predicted molar refractivity (Wildman–Crippen MR) is 135 cm³/mol. The molecule has 0 aliphatic carbocycles. The summed E-state index contributed by atoms with van der Waals surface area (Å²) in [7, 11) is 0. The molecule has 2 N–H and O–H groups in total. The molecule has 0 saturated heterocycles. The van der Waals surface area contributed by atoms with Gasteiger partial charge in [-0.15, -0.1) is 11.3 Å². The minimum Gasteiger partial charge on any atom is -0.332 e. The van der Waals surface area contributed by atoms with Gasteiger partial charge in [0.05, 0.1) is 33.5 Å². The zero-order chi connectivity index (χ0) is 23.7. The fraction of sp³-hybridized carbons (Fsp3) is 0.0833. The second-order valence-electron chi connectivity index (χ2n) is 7.43. The van der Waals surface area contributed by atoms with Gasteiger partial charge in [-0.2, -0.15) is 0 Å². The van der Waals surface area contributed by atoms with Crippen LogP contribution in [-0.4, -0.2) is 31.6 Å². The standard InChI is InChI=1S/C24H18N6O2S2/c1-13-21(20-12-33-23(29-20)27-16-7-5-6-15(10-16)14(2)31)34-24(26-13)30-22(32)19-11-25-17-8-3-4-9-18(17)28-19/h3-12H,1-2H3,(H,27,29)(H,26,30,32). The third-order valence-electron chi connectivity index (χ3n) is 4.96. The minimum absolute atomic E-state index is 0.00742. The normalized spacial score (nSPS) is 10.9. The van der Waals surface area contributed by atoms with Gasteiger partial charge in [-0.05, 0) is 38.1 Å². The molecule has 0 spiro atoms. The number of carbonyl (C=O) groups excluding carboxylic acids is 2. The number of aromatic nitrogens is 4. The summed E-state index contributed by atoms with van der Waals surface area (Å²) in [5, 5.41) is 9.14. The number of aryl methyl sites for hydroxylation is 1. The molecule has 10 heteroatoms. The van der Waals surface area contributed by atoms with Gasteiger partial charge in [-0.1, -0.05) is 35.6 Å². The van der Waals surface area contributed by atoms with Crippen LogP contribution in [0.1, 0.15) is 33.5 Å². The van der Waals surface area contributed by atoms with Gasteiger partial charge in [0.2, 0.25) is 0 Å². The topological polar surface area (TPSA) is 110 Å². The van der Waals surface area contributed by atoms with E-state index in [-0.39, 0.29) is 17.4 Å². The molecule has 8 nitrogen and oxygen atoms in total. The Morgan fingerprint density at radius 3 is 2.59 bits per heavy atom. The highest BCUT2D eigenvalue weighted by Crippen LogP contribution is 2.35. The third kappa shape index (κ3) is 4.54. The maximum atomic E-state index is 12.7. The van der Waals surface area contributed by atoms with Crippen molar-refractivity contribution in [3.8, 4) is 10.6 Å². The number of amides is 1. The van der Waals surface area contributed by atoms with Gasteiger partial charge >= 0.3 is 0 Å². The molecule has 1 amide bonds. The van der Waals surface area contributed by atoms with Crippen molar-refractivity contribution in [3.63, 3.8) is 0 Å². The van der Waals surface area contributed by atoms with E-state index >= 15 is 0 Å². The maximum absolute atomic E-state index is 12.7. The van der Waals surface area contributed by atoms with Gasteiger partial charge < -0.3 is 5.32 Å². The van der Waals surface area contributed by atoms with E-state index < -0.39 is 0 Å². The molecule has 0 fully saturated rings. The number of carbonyl (C=O) groups is 2. The number of nitrogens with one attached hydrogen (secondary N) is 2. The number of nitrogens with zero attached hydrogens (tertiary/aromatic N) is 4. The highest BCUT2D eigenvalue weighted by atomic mass is 32.1. The van der Waals surface area contributed by atoms with E-state index in [4.69, 9.17) is 0 Å². The Balaban J connectivity index is 1.32. The van der Waals surface area contributed by atoms with E-state index in [1.54, 1.807) is 12.1 Å². The smallest absolute Gasteiger partial charge is 0.277 e. The Morgan fingerprint density at radius 2 is 1.76 bits per heavy atom.